The summed E-state index contributed by atoms with van der Waals surface area (Å²) in [6, 6.07) is 22.9. The van der Waals surface area contributed by atoms with Crippen molar-refractivity contribution in [1.29, 1.82) is 0 Å². The summed E-state index contributed by atoms with van der Waals surface area (Å²) in [6.07, 6.45) is 1.42. The highest BCUT2D eigenvalue weighted by molar-refractivity contribution is 6.15. The zero-order chi connectivity index (χ0) is 20.2. The van der Waals surface area contributed by atoms with Crippen LogP contribution in [0, 0.1) is 0 Å². The fourth-order valence-electron chi connectivity index (χ4n) is 3.44. The maximum atomic E-state index is 12.8. The molecule has 5 nitrogen and oxygen atoms in total. The second-order valence-electron chi connectivity index (χ2n) is 6.89. The van der Waals surface area contributed by atoms with Gasteiger partial charge in [0.05, 0.1) is 5.69 Å². The van der Waals surface area contributed by atoms with Gasteiger partial charge in [-0.2, -0.15) is 0 Å². The molecule has 0 aromatic heterocycles. The third-order valence-electron chi connectivity index (χ3n) is 4.97. The predicted octanol–water partition coefficient (Wildman–Crippen LogP) is 4.30. The Balaban J connectivity index is 1.53. The molecule has 3 aromatic carbocycles. The van der Waals surface area contributed by atoms with Gasteiger partial charge in [0, 0.05) is 35.3 Å². The zero-order valence-corrected chi connectivity index (χ0v) is 15.8. The zero-order valence-electron chi connectivity index (χ0n) is 15.8. The minimum absolute atomic E-state index is 0.107. The van der Waals surface area contributed by atoms with E-state index in [1.54, 1.807) is 77.7 Å². The SMILES string of the molecule is O=C(Nc1ccccc1C(=O)c1ccccc1)c1ccc(N2CCCC2=O)cc1. The summed E-state index contributed by atoms with van der Waals surface area (Å²) in [6.45, 7) is 0.708. The van der Waals surface area contributed by atoms with Crippen LogP contribution in [-0.2, 0) is 4.79 Å². The maximum absolute atomic E-state index is 12.8. The number of para-hydroxylation sites is 1. The lowest BCUT2D eigenvalue weighted by molar-refractivity contribution is -0.117. The lowest BCUT2D eigenvalue weighted by Crippen LogP contribution is -2.23. The summed E-state index contributed by atoms with van der Waals surface area (Å²) in [5.74, 6) is -0.349. The molecule has 2 amide bonds. The van der Waals surface area contributed by atoms with E-state index < -0.39 is 0 Å². The van der Waals surface area contributed by atoms with Crippen molar-refractivity contribution in [3.63, 3.8) is 0 Å². The van der Waals surface area contributed by atoms with Crippen LogP contribution < -0.4 is 10.2 Å². The molecule has 4 rings (SSSR count). The topological polar surface area (TPSA) is 66.5 Å². The molecular weight excluding hydrogens is 364 g/mol. The molecule has 144 valence electrons. The summed E-state index contributed by atoms with van der Waals surface area (Å²) < 4.78 is 0. The summed E-state index contributed by atoms with van der Waals surface area (Å²) in [4.78, 5) is 39.1. The molecule has 0 spiro atoms. The Bertz CT molecular complexity index is 1060. The Kier molecular flexibility index (Phi) is 5.20. The second kappa shape index (κ2) is 8.10. The van der Waals surface area contributed by atoms with Gasteiger partial charge < -0.3 is 10.2 Å². The van der Waals surface area contributed by atoms with Crippen LogP contribution in [0.5, 0.6) is 0 Å². The Morgan fingerprint density at radius 1 is 0.793 bits per heavy atom. The molecule has 3 aromatic rings. The number of benzene rings is 3. The average molecular weight is 384 g/mol. The fraction of sp³-hybridized carbons (Fsp3) is 0.125. The monoisotopic (exact) mass is 384 g/mol. The number of ketones is 1. The van der Waals surface area contributed by atoms with Crippen LogP contribution in [0.1, 0.15) is 39.1 Å². The first-order valence-corrected chi connectivity index (χ1v) is 9.54. The summed E-state index contributed by atoms with van der Waals surface area (Å²) in [5.41, 5.74) is 2.72. The van der Waals surface area contributed by atoms with Crippen molar-refractivity contribution in [3.8, 4) is 0 Å². The van der Waals surface area contributed by atoms with Crippen molar-refractivity contribution in [2.45, 2.75) is 12.8 Å². The van der Waals surface area contributed by atoms with E-state index in [1.807, 2.05) is 6.07 Å². The number of anilines is 2. The van der Waals surface area contributed by atoms with Gasteiger partial charge in [0.1, 0.15) is 0 Å². The number of carbonyl (C=O) groups is 3. The fourth-order valence-corrected chi connectivity index (χ4v) is 3.44. The van der Waals surface area contributed by atoms with E-state index in [0.29, 0.717) is 35.3 Å². The van der Waals surface area contributed by atoms with Crippen molar-refractivity contribution in [2.24, 2.45) is 0 Å². The van der Waals surface area contributed by atoms with Gasteiger partial charge in [-0.25, -0.2) is 0 Å². The van der Waals surface area contributed by atoms with Gasteiger partial charge in [0.15, 0.2) is 5.78 Å². The molecular formula is C24H20N2O3. The molecule has 0 atom stereocenters. The number of hydrogen-bond donors (Lipinski definition) is 1. The van der Waals surface area contributed by atoms with Gasteiger partial charge in [0.2, 0.25) is 5.91 Å². The molecule has 1 aliphatic rings. The van der Waals surface area contributed by atoms with E-state index in [2.05, 4.69) is 5.32 Å². The molecule has 1 N–H and O–H groups in total. The molecule has 0 saturated carbocycles. The van der Waals surface area contributed by atoms with Crippen LogP contribution in [-0.4, -0.2) is 24.1 Å². The number of nitrogens with zero attached hydrogens (tertiary/aromatic N) is 1. The first-order valence-electron chi connectivity index (χ1n) is 9.54. The van der Waals surface area contributed by atoms with Gasteiger partial charge in [0.25, 0.3) is 5.91 Å². The van der Waals surface area contributed by atoms with E-state index >= 15 is 0 Å². The van der Waals surface area contributed by atoms with Gasteiger partial charge in [-0.3, -0.25) is 14.4 Å². The van der Waals surface area contributed by atoms with Gasteiger partial charge in [-0.1, -0.05) is 42.5 Å². The van der Waals surface area contributed by atoms with Crippen LogP contribution >= 0.6 is 0 Å². The molecule has 0 bridgehead atoms. The van der Waals surface area contributed by atoms with Crippen molar-refractivity contribution in [1.82, 2.24) is 0 Å². The number of hydrogen-bond acceptors (Lipinski definition) is 3. The largest absolute Gasteiger partial charge is 0.321 e. The molecule has 0 unspecified atom stereocenters. The average Bonchev–Trinajstić information content (AvgIpc) is 3.20. The van der Waals surface area contributed by atoms with E-state index in [1.165, 1.54) is 0 Å². The van der Waals surface area contributed by atoms with Crippen molar-refractivity contribution >= 4 is 29.0 Å². The normalized spacial score (nSPS) is 13.4. The van der Waals surface area contributed by atoms with Crippen molar-refractivity contribution < 1.29 is 14.4 Å². The highest BCUT2D eigenvalue weighted by Gasteiger charge is 2.22. The lowest BCUT2D eigenvalue weighted by atomic mass is 10.0. The maximum Gasteiger partial charge on any atom is 0.255 e. The Morgan fingerprint density at radius 2 is 1.48 bits per heavy atom. The minimum atomic E-state index is -0.308. The molecule has 0 aliphatic carbocycles. The van der Waals surface area contributed by atoms with Crippen LogP contribution in [0.2, 0.25) is 0 Å². The standard InChI is InChI=1S/C24H20N2O3/c27-22-11-6-16-26(22)19-14-12-18(13-15-19)24(29)25-21-10-5-4-9-20(21)23(28)17-7-2-1-3-8-17/h1-5,7-10,12-15H,6,11,16H2,(H,25,29). The second-order valence-corrected chi connectivity index (χ2v) is 6.89. The highest BCUT2D eigenvalue weighted by Crippen LogP contribution is 2.23. The van der Waals surface area contributed by atoms with Gasteiger partial charge in [-0.05, 0) is 42.8 Å². The van der Waals surface area contributed by atoms with Gasteiger partial charge >= 0.3 is 0 Å². The van der Waals surface area contributed by atoms with Crippen molar-refractivity contribution in [3.05, 3.63) is 95.6 Å². The minimum Gasteiger partial charge on any atom is -0.321 e. The third-order valence-corrected chi connectivity index (χ3v) is 4.97. The number of nitrogens with one attached hydrogen (secondary N) is 1. The van der Waals surface area contributed by atoms with Crippen LogP contribution in [0.3, 0.4) is 0 Å². The number of carbonyl (C=O) groups excluding carboxylic acids is 3. The van der Waals surface area contributed by atoms with Crippen LogP contribution in [0.25, 0.3) is 0 Å². The molecule has 29 heavy (non-hydrogen) atoms. The summed E-state index contributed by atoms with van der Waals surface area (Å²) in [5, 5.41) is 2.83. The summed E-state index contributed by atoms with van der Waals surface area (Å²) >= 11 is 0. The predicted molar refractivity (Wildman–Crippen MR) is 112 cm³/mol. The van der Waals surface area contributed by atoms with E-state index in [9.17, 15) is 14.4 Å². The number of amides is 2. The number of rotatable bonds is 5. The highest BCUT2D eigenvalue weighted by atomic mass is 16.2. The van der Waals surface area contributed by atoms with Crippen molar-refractivity contribution in [2.75, 3.05) is 16.8 Å². The van der Waals surface area contributed by atoms with Crippen LogP contribution in [0.4, 0.5) is 11.4 Å². The smallest absolute Gasteiger partial charge is 0.255 e. The van der Waals surface area contributed by atoms with Crippen LogP contribution in [0.15, 0.2) is 78.9 Å². The van der Waals surface area contributed by atoms with E-state index in [-0.39, 0.29) is 17.6 Å². The first-order chi connectivity index (χ1) is 14.1. The van der Waals surface area contributed by atoms with E-state index in [4.69, 9.17) is 0 Å². The Morgan fingerprint density at radius 3 is 2.17 bits per heavy atom. The third kappa shape index (κ3) is 3.94. The molecule has 0 radical (unpaired) electrons. The summed E-state index contributed by atoms with van der Waals surface area (Å²) in [7, 11) is 0. The Labute approximate surface area is 169 Å². The molecule has 1 heterocycles. The quantitative estimate of drug-likeness (QED) is 0.667. The Hall–Kier alpha value is -3.73. The van der Waals surface area contributed by atoms with Gasteiger partial charge in [-0.15, -0.1) is 0 Å². The molecule has 1 saturated heterocycles. The first kappa shape index (κ1) is 18.6. The molecule has 1 fully saturated rings. The van der Waals surface area contributed by atoms with E-state index in [0.717, 1.165) is 12.1 Å². The lowest BCUT2D eigenvalue weighted by Gasteiger charge is -2.16. The molecule has 5 heteroatoms. The molecule has 1 aliphatic heterocycles.